The summed E-state index contributed by atoms with van der Waals surface area (Å²) < 4.78 is 0. The number of nitro benzene ring substituents is 1. The third kappa shape index (κ3) is 4.64. The fourth-order valence-electron chi connectivity index (χ4n) is 2.17. The van der Waals surface area contributed by atoms with E-state index in [0.717, 1.165) is 26.2 Å². The molecule has 0 amide bonds. The Morgan fingerprint density at radius 1 is 1.30 bits per heavy atom. The molecule has 1 fully saturated rings. The van der Waals surface area contributed by atoms with Gasteiger partial charge in [0.05, 0.1) is 4.92 Å². The van der Waals surface area contributed by atoms with E-state index in [2.05, 4.69) is 5.32 Å². The highest BCUT2D eigenvalue weighted by molar-refractivity contribution is 5.94. The number of benzene rings is 1. The van der Waals surface area contributed by atoms with Gasteiger partial charge in [0, 0.05) is 37.9 Å². The fraction of sp³-hybridized carbons (Fsp3) is 0.533. The number of hydrogen-bond acceptors (Lipinski definition) is 7. The lowest BCUT2D eigenvalue weighted by Gasteiger charge is -2.29. The van der Waals surface area contributed by atoms with Crippen LogP contribution in [0.2, 0.25) is 0 Å². The van der Waals surface area contributed by atoms with Gasteiger partial charge in [-0.15, -0.1) is 0 Å². The molecule has 1 aliphatic heterocycles. The van der Waals surface area contributed by atoms with Gasteiger partial charge in [-0.25, -0.2) is 4.79 Å². The fourth-order valence-corrected chi connectivity index (χ4v) is 2.17. The van der Waals surface area contributed by atoms with Crippen molar-refractivity contribution in [3.63, 3.8) is 0 Å². The van der Waals surface area contributed by atoms with Crippen LogP contribution in [0.25, 0.3) is 0 Å². The molecule has 0 atom stereocenters. The summed E-state index contributed by atoms with van der Waals surface area (Å²) >= 11 is 0. The van der Waals surface area contributed by atoms with Crippen molar-refractivity contribution in [1.29, 1.82) is 0 Å². The molecule has 0 aromatic heterocycles. The standard InChI is InChI=1S/C15H21N3O5/c1-15(2,3)23-22-14(19)12-5-4-11(10-13(12)18(20)21)17-8-6-16-7-9-17/h4-5,10,16H,6-9H2,1-3H3. The van der Waals surface area contributed by atoms with E-state index < -0.39 is 16.5 Å². The van der Waals surface area contributed by atoms with E-state index in [0.29, 0.717) is 5.69 Å². The van der Waals surface area contributed by atoms with Crippen molar-refractivity contribution in [2.45, 2.75) is 26.4 Å². The molecule has 126 valence electrons. The molecule has 0 unspecified atom stereocenters. The summed E-state index contributed by atoms with van der Waals surface area (Å²) in [5.74, 6) is -0.876. The molecule has 1 saturated heterocycles. The van der Waals surface area contributed by atoms with Gasteiger partial charge in [-0.2, -0.15) is 4.89 Å². The maximum atomic E-state index is 12.0. The zero-order valence-corrected chi connectivity index (χ0v) is 13.5. The number of piperazine rings is 1. The van der Waals surface area contributed by atoms with Crippen LogP contribution in [0.1, 0.15) is 31.1 Å². The molecule has 1 N–H and O–H groups in total. The number of nitrogens with one attached hydrogen (secondary N) is 1. The lowest BCUT2D eigenvalue weighted by atomic mass is 10.1. The Bertz CT molecular complexity index is 591. The van der Waals surface area contributed by atoms with Crippen LogP contribution in [0.15, 0.2) is 18.2 Å². The van der Waals surface area contributed by atoms with E-state index in [-0.39, 0.29) is 11.3 Å². The molecule has 1 aromatic carbocycles. The maximum Gasteiger partial charge on any atom is 0.380 e. The monoisotopic (exact) mass is 323 g/mol. The number of carbonyl (C=O) groups is 1. The van der Waals surface area contributed by atoms with Crippen LogP contribution >= 0.6 is 0 Å². The summed E-state index contributed by atoms with van der Waals surface area (Å²) in [6, 6.07) is 4.49. The molecule has 8 heteroatoms. The van der Waals surface area contributed by atoms with Crippen LogP contribution in [0.4, 0.5) is 11.4 Å². The third-order valence-electron chi connectivity index (χ3n) is 3.25. The second kappa shape index (κ2) is 6.93. The molecule has 23 heavy (non-hydrogen) atoms. The van der Waals surface area contributed by atoms with E-state index in [1.165, 1.54) is 12.1 Å². The Labute approximate surface area is 134 Å². The molecule has 1 aliphatic rings. The first-order valence-corrected chi connectivity index (χ1v) is 7.42. The molecule has 0 bridgehead atoms. The second-order valence-electron chi connectivity index (χ2n) is 6.26. The maximum absolute atomic E-state index is 12.0. The number of anilines is 1. The lowest BCUT2D eigenvalue weighted by Crippen LogP contribution is -2.43. The van der Waals surface area contributed by atoms with Crippen molar-refractivity contribution >= 4 is 17.3 Å². The first-order chi connectivity index (χ1) is 10.8. The number of carbonyl (C=O) groups excluding carboxylic acids is 1. The highest BCUT2D eigenvalue weighted by atomic mass is 17.2. The first-order valence-electron chi connectivity index (χ1n) is 7.42. The van der Waals surface area contributed by atoms with Crippen LogP contribution in [0, 0.1) is 10.1 Å². The predicted octanol–water partition coefficient (Wildman–Crippen LogP) is 1.89. The first kappa shape index (κ1) is 17.2. The number of nitrogens with zero attached hydrogens (tertiary/aromatic N) is 2. The normalized spacial score (nSPS) is 15.3. The van der Waals surface area contributed by atoms with Gasteiger partial charge < -0.3 is 10.2 Å². The van der Waals surface area contributed by atoms with Crippen LogP contribution in [-0.2, 0) is 9.78 Å². The van der Waals surface area contributed by atoms with Crippen molar-refractivity contribution in [2.75, 3.05) is 31.1 Å². The average molecular weight is 323 g/mol. The van der Waals surface area contributed by atoms with E-state index in [1.54, 1.807) is 26.8 Å². The van der Waals surface area contributed by atoms with Crippen molar-refractivity contribution < 1.29 is 19.5 Å². The van der Waals surface area contributed by atoms with Crippen LogP contribution in [-0.4, -0.2) is 42.7 Å². The molecule has 0 spiro atoms. The van der Waals surface area contributed by atoms with Gasteiger partial charge in [0.25, 0.3) is 5.69 Å². The molecular formula is C15H21N3O5. The topological polar surface area (TPSA) is 93.9 Å². The van der Waals surface area contributed by atoms with Crippen molar-refractivity contribution in [2.24, 2.45) is 0 Å². The van der Waals surface area contributed by atoms with Gasteiger partial charge >= 0.3 is 5.97 Å². The number of hydrogen-bond donors (Lipinski definition) is 1. The van der Waals surface area contributed by atoms with Gasteiger partial charge in [-0.1, -0.05) is 0 Å². The molecule has 0 aliphatic carbocycles. The molecule has 1 heterocycles. The highest BCUT2D eigenvalue weighted by Crippen LogP contribution is 2.27. The molecule has 1 aromatic rings. The number of nitro groups is 1. The van der Waals surface area contributed by atoms with Crippen LogP contribution < -0.4 is 10.2 Å². The van der Waals surface area contributed by atoms with Crippen LogP contribution in [0.5, 0.6) is 0 Å². The minimum Gasteiger partial charge on any atom is -0.369 e. The van der Waals surface area contributed by atoms with Gasteiger partial charge in [0.15, 0.2) is 0 Å². The Morgan fingerprint density at radius 3 is 2.52 bits per heavy atom. The minimum absolute atomic E-state index is 0.127. The summed E-state index contributed by atoms with van der Waals surface area (Å²) in [5.41, 5.74) is -0.390. The zero-order valence-electron chi connectivity index (χ0n) is 13.5. The molecule has 0 saturated carbocycles. The SMILES string of the molecule is CC(C)(C)OOC(=O)c1ccc(N2CCNCC2)cc1[N+](=O)[O-]. The summed E-state index contributed by atoms with van der Waals surface area (Å²) in [7, 11) is 0. The van der Waals surface area contributed by atoms with Crippen molar-refractivity contribution in [1.82, 2.24) is 5.32 Å². The van der Waals surface area contributed by atoms with Crippen molar-refractivity contribution in [3.8, 4) is 0 Å². The summed E-state index contributed by atoms with van der Waals surface area (Å²) in [6.07, 6.45) is 0. The van der Waals surface area contributed by atoms with E-state index >= 15 is 0 Å². The Morgan fingerprint density at radius 2 is 1.96 bits per heavy atom. The third-order valence-corrected chi connectivity index (χ3v) is 3.25. The summed E-state index contributed by atoms with van der Waals surface area (Å²) in [5, 5.41) is 14.5. The summed E-state index contributed by atoms with van der Waals surface area (Å²) in [6.45, 7) is 8.28. The second-order valence-corrected chi connectivity index (χ2v) is 6.26. The molecule has 8 nitrogen and oxygen atoms in total. The Balaban J connectivity index is 2.22. The van der Waals surface area contributed by atoms with Gasteiger partial charge in [-0.3, -0.25) is 15.0 Å². The quantitative estimate of drug-likeness (QED) is 0.513. The van der Waals surface area contributed by atoms with Crippen LogP contribution in [0.3, 0.4) is 0 Å². The van der Waals surface area contributed by atoms with Crippen molar-refractivity contribution in [3.05, 3.63) is 33.9 Å². The lowest BCUT2D eigenvalue weighted by molar-refractivity contribution is -0.385. The van der Waals surface area contributed by atoms with Gasteiger partial charge in [-0.05, 0) is 32.9 Å². The Hall–Kier alpha value is -2.19. The van der Waals surface area contributed by atoms with Gasteiger partial charge in [0.2, 0.25) is 0 Å². The molecule has 2 rings (SSSR count). The Kier molecular flexibility index (Phi) is 5.17. The summed E-state index contributed by atoms with van der Waals surface area (Å²) in [4.78, 5) is 34.4. The predicted molar refractivity (Wildman–Crippen MR) is 84.4 cm³/mol. The largest absolute Gasteiger partial charge is 0.380 e. The molecule has 0 radical (unpaired) electrons. The smallest absolute Gasteiger partial charge is 0.369 e. The van der Waals surface area contributed by atoms with E-state index in [9.17, 15) is 14.9 Å². The number of rotatable bonds is 4. The highest BCUT2D eigenvalue weighted by Gasteiger charge is 2.26. The van der Waals surface area contributed by atoms with E-state index in [1.807, 2.05) is 4.90 Å². The molecular weight excluding hydrogens is 302 g/mol. The van der Waals surface area contributed by atoms with E-state index in [4.69, 9.17) is 9.78 Å². The zero-order chi connectivity index (χ0) is 17.0. The van der Waals surface area contributed by atoms with Gasteiger partial charge in [0.1, 0.15) is 11.2 Å². The average Bonchev–Trinajstić information content (AvgIpc) is 2.52. The minimum atomic E-state index is -0.876.